The minimum atomic E-state index is 0.175. The lowest BCUT2D eigenvalue weighted by Gasteiger charge is -2.36. The molecule has 1 nitrogen and oxygen atoms in total. The summed E-state index contributed by atoms with van der Waals surface area (Å²) in [5, 5.41) is 10.8. The Kier molecular flexibility index (Phi) is 16.8. The van der Waals surface area contributed by atoms with Crippen molar-refractivity contribution in [2.24, 2.45) is 0 Å². The summed E-state index contributed by atoms with van der Waals surface area (Å²) in [4.78, 5) is 0. The molecule has 31 heavy (non-hydrogen) atoms. The molecule has 0 spiro atoms. The van der Waals surface area contributed by atoms with Crippen molar-refractivity contribution in [1.82, 2.24) is 0 Å². The maximum Gasteiger partial charge on any atom is 0.119 e. The van der Waals surface area contributed by atoms with Gasteiger partial charge in [-0.05, 0) is 30.7 Å². The molecular weight excluding hydrogens is 376 g/mol. The first-order valence-electron chi connectivity index (χ1n) is 14.0. The van der Waals surface area contributed by atoms with Crippen LogP contribution in [-0.4, -0.2) is 5.11 Å². The zero-order chi connectivity index (χ0) is 22.6. The van der Waals surface area contributed by atoms with E-state index in [0.717, 1.165) is 0 Å². The summed E-state index contributed by atoms with van der Waals surface area (Å²) in [6.07, 6.45) is 26.7. The lowest BCUT2D eigenvalue weighted by Crippen LogP contribution is -2.27. The second-order valence-corrected chi connectivity index (χ2v) is 10.00. The van der Waals surface area contributed by atoms with Crippen LogP contribution in [-0.2, 0) is 5.41 Å². The monoisotopic (exact) mass is 430 g/mol. The molecule has 0 aliphatic heterocycles. The van der Waals surface area contributed by atoms with Gasteiger partial charge in [-0.25, -0.2) is 0 Å². The van der Waals surface area contributed by atoms with E-state index in [1.54, 1.807) is 0 Å². The van der Waals surface area contributed by atoms with Crippen molar-refractivity contribution in [3.63, 3.8) is 0 Å². The van der Waals surface area contributed by atoms with Gasteiger partial charge in [0.15, 0.2) is 0 Å². The molecule has 0 fully saturated rings. The van der Waals surface area contributed by atoms with E-state index in [-0.39, 0.29) is 5.41 Å². The molecule has 1 aromatic rings. The summed E-state index contributed by atoms with van der Waals surface area (Å²) < 4.78 is 0. The number of rotatable bonds is 21. The first-order valence-corrected chi connectivity index (χ1v) is 14.0. The number of aromatic hydroxyl groups is 1. The zero-order valence-electron chi connectivity index (χ0n) is 21.4. The molecule has 0 unspecified atom stereocenters. The van der Waals surface area contributed by atoms with Gasteiger partial charge in [-0.2, -0.15) is 0 Å². The quantitative estimate of drug-likeness (QED) is 0.192. The second kappa shape index (κ2) is 18.6. The molecule has 1 heteroatoms. The van der Waals surface area contributed by atoms with Crippen LogP contribution in [0, 0.1) is 0 Å². The van der Waals surface area contributed by atoms with Gasteiger partial charge in [-0.15, -0.1) is 0 Å². The maximum atomic E-state index is 10.8. The Morgan fingerprint density at radius 2 is 0.871 bits per heavy atom. The molecule has 0 atom stereocenters. The smallest absolute Gasteiger partial charge is 0.119 e. The topological polar surface area (TPSA) is 20.2 Å². The molecule has 0 saturated carbocycles. The third kappa shape index (κ3) is 12.0. The molecule has 0 heterocycles. The molecule has 0 aliphatic rings. The summed E-state index contributed by atoms with van der Waals surface area (Å²) in [6.45, 7) is 6.88. The van der Waals surface area contributed by atoms with Crippen molar-refractivity contribution in [3.05, 3.63) is 29.8 Å². The molecule has 0 aromatic heterocycles. The van der Waals surface area contributed by atoms with Crippen LogP contribution < -0.4 is 0 Å². The maximum absolute atomic E-state index is 10.8. The summed E-state index contributed by atoms with van der Waals surface area (Å²) in [7, 11) is 0. The Morgan fingerprint density at radius 1 is 0.516 bits per heavy atom. The van der Waals surface area contributed by atoms with Crippen molar-refractivity contribution < 1.29 is 5.11 Å². The number of phenols is 1. The SMILES string of the molecule is CCCCCCCCCCCC(CCCCCC)(CCCCCC)c1ccccc1O. The molecule has 0 bridgehead atoms. The number of benzene rings is 1. The van der Waals surface area contributed by atoms with Gasteiger partial charge in [0.1, 0.15) is 5.75 Å². The molecule has 1 aromatic carbocycles. The van der Waals surface area contributed by atoms with E-state index < -0.39 is 0 Å². The first-order chi connectivity index (χ1) is 15.2. The third-order valence-corrected chi connectivity index (χ3v) is 7.25. The molecule has 0 amide bonds. The Labute approximate surface area is 195 Å². The molecule has 0 saturated heterocycles. The van der Waals surface area contributed by atoms with E-state index >= 15 is 0 Å². The Bertz CT molecular complexity index is 509. The Balaban J connectivity index is 2.72. The highest BCUT2D eigenvalue weighted by Gasteiger charge is 2.32. The van der Waals surface area contributed by atoms with Crippen LogP contribution in [0.25, 0.3) is 0 Å². The van der Waals surface area contributed by atoms with Crippen LogP contribution in [0.4, 0.5) is 0 Å². The highest BCUT2D eigenvalue weighted by molar-refractivity contribution is 5.38. The lowest BCUT2D eigenvalue weighted by atomic mass is 9.69. The fourth-order valence-corrected chi connectivity index (χ4v) is 5.26. The Morgan fingerprint density at radius 3 is 1.29 bits per heavy atom. The summed E-state index contributed by atoms with van der Waals surface area (Å²) >= 11 is 0. The van der Waals surface area contributed by atoms with Gasteiger partial charge in [-0.3, -0.25) is 0 Å². The number of hydrogen-bond donors (Lipinski definition) is 1. The van der Waals surface area contributed by atoms with E-state index in [9.17, 15) is 5.11 Å². The van der Waals surface area contributed by atoms with Crippen LogP contribution in [0.2, 0.25) is 0 Å². The van der Waals surface area contributed by atoms with Crippen molar-refractivity contribution >= 4 is 0 Å². The van der Waals surface area contributed by atoms with Crippen LogP contribution >= 0.6 is 0 Å². The standard InChI is InChI=1S/C30H54O/c1-4-7-10-13-14-15-16-17-22-27-30(25-20-11-8-5-2,26-21-12-9-6-3)28-23-18-19-24-29(28)31/h18-19,23-24,31H,4-17,20-22,25-27H2,1-3H3. The Hall–Kier alpha value is -0.980. The van der Waals surface area contributed by atoms with Gasteiger partial charge in [-0.1, -0.05) is 148 Å². The minimum absolute atomic E-state index is 0.175. The molecule has 0 radical (unpaired) electrons. The third-order valence-electron chi connectivity index (χ3n) is 7.25. The van der Waals surface area contributed by atoms with Crippen LogP contribution in [0.1, 0.15) is 155 Å². The van der Waals surface area contributed by atoms with E-state index in [4.69, 9.17) is 0 Å². The van der Waals surface area contributed by atoms with Gasteiger partial charge < -0.3 is 5.11 Å². The van der Waals surface area contributed by atoms with Crippen LogP contribution in [0.15, 0.2) is 24.3 Å². The number of para-hydroxylation sites is 1. The second-order valence-electron chi connectivity index (χ2n) is 10.00. The van der Waals surface area contributed by atoms with Gasteiger partial charge in [0.2, 0.25) is 0 Å². The predicted octanol–water partition coefficient (Wildman–Crippen LogP) is 10.5. The minimum Gasteiger partial charge on any atom is -0.508 e. The number of unbranched alkanes of at least 4 members (excludes halogenated alkanes) is 14. The average Bonchev–Trinajstić information content (AvgIpc) is 2.78. The highest BCUT2D eigenvalue weighted by atomic mass is 16.3. The van der Waals surface area contributed by atoms with E-state index in [1.807, 2.05) is 12.1 Å². The number of hydrogen-bond acceptors (Lipinski definition) is 1. The average molecular weight is 431 g/mol. The van der Waals surface area contributed by atoms with Crippen molar-refractivity contribution in [2.45, 2.75) is 155 Å². The fraction of sp³-hybridized carbons (Fsp3) is 0.800. The summed E-state index contributed by atoms with van der Waals surface area (Å²) in [6, 6.07) is 8.26. The van der Waals surface area contributed by atoms with Crippen molar-refractivity contribution in [2.75, 3.05) is 0 Å². The molecule has 1 rings (SSSR count). The van der Waals surface area contributed by atoms with Gasteiger partial charge >= 0.3 is 0 Å². The summed E-state index contributed by atoms with van der Waals surface area (Å²) in [5.41, 5.74) is 1.41. The van der Waals surface area contributed by atoms with E-state index in [0.29, 0.717) is 5.75 Å². The highest BCUT2D eigenvalue weighted by Crippen LogP contribution is 2.44. The van der Waals surface area contributed by atoms with Crippen molar-refractivity contribution in [1.29, 1.82) is 0 Å². The largest absolute Gasteiger partial charge is 0.508 e. The fourth-order valence-electron chi connectivity index (χ4n) is 5.26. The van der Waals surface area contributed by atoms with Crippen LogP contribution in [0.3, 0.4) is 0 Å². The zero-order valence-corrected chi connectivity index (χ0v) is 21.4. The predicted molar refractivity (Wildman–Crippen MR) is 139 cm³/mol. The van der Waals surface area contributed by atoms with Gasteiger partial charge in [0, 0.05) is 5.56 Å². The lowest BCUT2D eigenvalue weighted by molar-refractivity contribution is 0.289. The van der Waals surface area contributed by atoms with Gasteiger partial charge in [0.25, 0.3) is 0 Å². The van der Waals surface area contributed by atoms with Crippen molar-refractivity contribution in [3.8, 4) is 5.75 Å². The summed E-state index contributed by atoms with van der Waals surface area (Å²) in [5.74, 6) is 0.532. The molecule has 180 valence electrons. The van der Waals surface area contributed by atoms with E-state index in [1.165, 1.54) is 134 Å². The molecular formula is C30H54O. The number of phenolic OH excluding ortho intramolecular Hbond substituents is 1. The van der Waals surface area contributed by atoms with Gasteiger partial charge in [0.05, 0.1) is 0 Å². The molecule has 1 N–H and O–H groups in total. The molecule has 0 aliphatic carbocycles. The van der Waals surface area contributed by atoms with E-state index in [2.05, 4.69) is 32.9 Å². The first kappa shape index (κ1) is 28.1. The van der Waals surface area contributed by atoms with Crippen LogP contribution in [0.5, 0.6) is 5.75 Å². The normalized spacial score (nSPS) is 11.8.